The van der Waals surface area contributed by atoms with Gasteiger partial charge in [-0.3, -0.25) is 9.78 Å². The van der Waals surface area contributed by atoms with Crippen molar-refractivity contribution < 1.29 is 13.2 Å². The Hall–Kier alpha value is -3.29. The third-order valence-corrected chi connectivity index (χ3v) is 8.22. The van der Waals surface area contributed by atoms with Crippen LogP contribution in [-0.2, 0) is 6.18 Å². The number of alkyl halides is 3. The highest BCUT2D eigenvalue weighted by molar-refractivity contribution is 7.99. The summed E-state index contributed by atoms with van der Waals surface area (Å²) in [4.78, 5) is 32.7. The molecule has 2 aromatic heterocycles. The molecule has 15 heteroatoms. The molecule has 0 bridgehead atoms. The topological polar surface area (TPSA) is 99.3 Å². The molecule has 0 radical (unpaired) electrons. The highest BCUT2D eigenvalue weighted by Crippen LogP contribution is 2.49. The van der Waals surface area contributed by atoms with E-state index in [1.54, 1.807) is 0 Å². The Morgan fingerprint density at radius 3 is 2.34 bits per heavy atom. The summed E-state index contributed by atoms with van der Waals surface area (Å²) in [5.41, 5.74) is -0.980. The van der Waals surface area contributed by atoms with Crippen molar-refractivity contribution in [2.24, 2.45) is 0 Å². The van der Waals surface area contributed by atoms with Gasteiger partial charge in [0.15, 0.2) is 4.77 Å². The van der Waals surface area contributed by atoms with Crippen LogP contribution in [0.1, 0.15) is 21.9 Å². The summed E-state index contributed by atoms with van der Waals surface area (Å²) >= 11 is 25.4. The first-order valence-electron chi connectivity index (χ1n) is 11.5. The quantitative estimate of drug-likeness (QED) is 0.128. The van der Waals surface area contributed by atoms with Gasteiger partial charge in [-0.1, -0.05) is 83.0 Å². The van der Waals surface area contributed by atoms with Crippen LogP contribution in [-0.4, -0.2) is 24.7 Å². The molecule has 5 aromatic rings. The lowest BCUT2D eigenvalue weighted by molar-refractivity contribution is -0.137. The minimum absolute atomic E-state index is 0.0313. The zero-order valence-corrected chi connectivity index (χ0v) is 24.1. The van der Waals surface area contributed by atoms with Gasteiger partial charge in [0.1, 0.15) is 6.20 Å². The molecule has 2 heterocycles. The van der Waals surface area contributed by atoms with Gasteiger partial charge in [0, 0.05) is 21.2 Å². The van der Waals surface area contributed by atoms with Gasteiger partial charge >= 0.3 is 11.9 Å². The summed E-state index contributed by atoms with van der Waals surface area (Å²) in [7, 11) is 0. The first-order valence-corrected chi connectivity index (χ1v) is 13.9. The van der Waals surface area contributed by atoms with Gasteiger partial charge in [-0.05, 0) is 42.0 Å². The fourth-order valence-electron chi connectivity index (χ4n) is 4.13. The normalized spacial score (nSPS) is 12.4. The summed E-state index contributed by atoms with van der Waals surface area (Å²) < 4.78 is 42.9. The molecule has 0 saturated carbocycles. The highest BCUT2D eigenvalue weighted by atomic mass is 35.5. The van der Waals surface area contributed by atoms with Crippen molar-refractivity contribution >= 4 is 58.8 Å². The van der Waals surface area contributed by atoms with Crippen molar-refractivity contribution in [2.75, 3.05) is 0 Å². The summed E-state index contributed by atoms with van der Waals surface area (Å²) in [6.45, 7) is 0. The highest BCUT2D eigenvalue weighted by Gasteiger charge is 2.35. The predicted molar refractivity (Wildman–Crippen MR) is 156 cm³/mol. The second kappa shape index (κ2) is 11.5. The van der Waals surface area contributed by atoms with E-state index in [0.717, 1.165) is 40.3 Å². The lowest BCUT2D eigenvalue weighted by Crippen LogP contribution is -2.31. The second-order valence-corrected chi connectivity index (χ2v) is 11.3. The number of hydrogen-bond donors (Lipinski definition) is 3. The molecule has 0 saturated heterocycles. The minimum Gasteiger partial charge on any atom is -0.330 e. The van der Waals surface area contributed by atoms with Crippen molar-refractivity contribution in [3.8, 4) is 16.9 Å². The Bertz CT molecular complexity index is 1940. The molecule has 0 amide bonds. The minimum atomic E-state index is -4.75. The van der Waals surface area contributed by atoms with Crippen molar-refractivity contribution in [1.82, 2.24) is 24.7 Å². The Kier molecular flexibility index (Phi) is 8.22. The second-order valence-electron chi connectivity index (χ2n) is 8.56. The molecule has 7 nitrogen and oxygen atoms in total. The predicted octanol–water partition coefficient (Wildman–Crippen LogP) is 7.83. The summed E-state index contributed by atoms with van der Waals surface area (Å²) in [5.74, 6) is 0. The molecule has 0 aliphatic rings. The third kappa shape index (κ3) is 6.16. The van der Waals surface area contributed by atoms with Crippen LogP contribution < -0.4 is 11.2 Å². The van der Waals surface area contributed by atoms with Gasteiger partial charge in [-0.25, -0.2) is 4.79 Å². The number of nitrogens with one attached hydrogen (secondary N) is 3. The molecule has 0 aliphatic carbocycles. The fourth-order valence-corrected chi connectivity index (χ4v) is 6.61. The van der Waals surface area contributed by atoms with Crippen LogP contribution in [0.25, 0.3) is 16.9 Å². The maximum absolute atomic E-state index is 13.9. The van der Waals surface area contributed by atoms with Gasteiger partial charge in [0.2, 0.25) is 0 Å². The van der Waals surface area contributed by atoms with Gasteiger partial charge < -0.3 is 9.97 Å². The molecule has 0 fully saturated rings. The van der Waals surface area contributed by atoms with E-state index in [1.165, 1.54) is 18.2 Å². The number of aromatic nitrogens is 5. The molecule has 1 atom stereocenters. The van der Waals surface area contributed by atoms with E-state index >= 15 is 0 Å². The monoisotopic (exact) mass is 655 g/mol. The molecule has 3 aromatic carbocycles. The van der Waals surface area contributed by atoms with E-state index in [2.05, 4.69) is 20.1 Å². The molecule has 0 spiro atoms. The third-order valence-electron chi connectivity index (χ3n) is 5.87. The first kappa shape index (κ1) is 29.2. The molecular weight excluding hydrogens is 642 g/mol. The van der Waals surface area contributed by atoms with Crippen LogP contribution >= 0.6 is 58.8 Å². The Morgan fingerprint density at radius 2 is 1.66 bits per heavy atom. The van der Waals surface area contributed by atoms with E-state index in [0.29, 0.717) is 10.7 Å². The standard InChI is InChI=1S/C26H15Cl3F3N5O2S2/c27-14-9-17(29)20(18(10-14)37-25(39)34-19(38)11-33-37)22(13-6-7-16(28)15(8-13)26(30,31)32)41-23-21(35-24(40)36-23)12-4-2-1-3-5-12/h1-11,22H,(H,34,38,39)(H2,35,36,40). The number of thioether (sulfide) groups is 1. The number of hydrogen-bond acceptors (Lipinski definition) is 5. The number of nitrogens with zero attached hydrogens (tertiary/aromatic N) is 2. The van der Waals surface area contributed by atoms with E-state index in [4.69, 9.17) is 47.0 Å². The largest absolute Gasteiger partial charge is 0.417 e. The van der Waals surface area contributed by atoms with Crippen LogP contribution in [0.4, 0.5) is 13.2 Å². The van der Waals surface area contributed by atoms with Crippen molar-refractivity contribution in [3.05, 3.63) is 124 Å². The number of aromatic amines is 3. The Balaban J connectivity index is 1.80. The Labute approximate surface area is 253 Å². The van der Waals surface area contributed by atoms with Gasteiger partial charge in [0.05, 0.1) is 32.2 Å². The summed E-state index contributed by atoms with van der Waals surface area (Å²) in [6, 6.07) is 15.4. The van der Waals surface area contributed by atoms with Crippen molar-refractivity contribution in [2.45, 2.75) is 16.5 Å². The molecule has 5 rings (SSSR count). The molecule has 0 aliphatic heterocycles. The molecule has 41 heavy (non-hydrogen) atoms. The Morgan fingerprint density at radius 1 is 0.927 bits per heavy atom. The fraction of sp³-hybridized carbons (Fsp3) is 0.0769. The van der Waals surface area contributed by atoms with Gasteiger partial charge in [-0.2, -0.15) is 23.0 Å². The van der Waals surface area contributed by atoms with Crippen molar-refractivity contribution in [1.29, 1.82) is 0 Å². The zero-order valence-electron chi connectivity index (χ0n) is 20.2. The molecule has 3 N–H and O–H groups in total. The molecular formula is C26H15Cl3F3N5O2S2. The lowest BCUT2D eigenvalue weighted by atomic mass is 10.00. The number of rotatable bonds is 6. The van der Waals surface area contributed by atoms with E-state index < -0.39 is 33.3 Å². The number of benzene rings is 3. The van der Waals surface area contributed by atoms with Crippen molar-refractivity contribution in [3.63, 3.8) is 0 Å². The maximum atomic E-state index is 13.9. The van der Waals surface area contributed by atoms with Crippen LogP contribution in [0.2, 0.25) is 15.1 Å². The van der Waals surface area contributed by atoms with E-state index in [1.807, 2.05) is 30.3 Å². The van der Waals surface area contributed by atoms with E-state index in [9.17, 15) is 22.8 Å². The van der Waals surface area contributed by atoms with Crippen LogP contribution in [0.3, 0.4) is 0 Å². The van der Waals surface area contributed by atoms with Gasteiger partial charge in [-0.15, -0.1) is 0 Å². The summed E-state index contributed by atoms with van der Waals surface area (Å²) in [5, 5.41) is 3.06. The SMILES string of the molecule is O=c1cnn(-c2cc(Cl)cc(Cl)c2C(Sc2[nH]c(=S)[nH]c2-c2ccccc2)c2ccc(Cl)c(C(F)(F)F)c2)c(=O)[nH]1. The van der Waals surface area contributed by atoms with Crippen LogP contribution in [0.5, 0.6) is 0 Å². The van der Waals surface area contributed by atoms with Gasteiger partial charge in [0.25, 0.3) is 5.56 Å². The maximum Gasteiger partial charge on any atom is 0.417 e. The lowest BCUT2D eigenvalue weighted by Gasteiger charge is -2.23. The van der Waals surface area contributed by atoms with Crippen LogP contribution in [0, 0.1) is 4.77 Å². The molecule has 1 unspecified atom stereocenters. The zero-order chi connectivity index (χ0) is 29.5. The number of halogens is 6. The van der Waals surface area contributed by atoms with E-state index in [-0.39, 0.29) is 31.6 Å². The summed E-state index contributed by atoms with van der Waals surface area (Å²) in [6.07, 6.45) is -3.88. The average molecular weight is 657 g/mol. The smallest absolute Gasteiger partial charge is 0.330 e. The number of imidazole rings is 1. The van der Waals surface area contributed by atoms with Crippen LogP contribution in [0.15, 0.2) is 81.5 Å². The first-order chi connectivity index (χ1) is 19.4. The molecule has 210 valence electrons. The number of H-pyrrole nitrogens is 3. The average Bonchev–Trinajstić information content (AvgIpc) is 3.27.